The normalized spacial score (nSPS) is 11.1. The minimum atomic E-state index is 0.226. The monoisotopic (exact) mass is 404 g/mol. The van der Waals surface area contributed by atoms with E-state index in [1.165, 1.54) is 11.9 Å². The molecule has 0 aliphatic carbocycles. The minimum Gasteiger partial charge on any atom is -0.497 e. The number of fused-ring (bicyclic) bond motifs is 1. The molecule has 0 unspecified atom stereocenters. The number of nitrogens with zero attached hydrogens (tertiary/aromatic N) is 6. The maximum absolute atomic E-state index is 5.22. The summed E-state index contributed by atoms with van der Waals surface area (Å²) in [6.07, 6.45) is 5.79. The summed E-state index contributed by atoms with van der Waals surface area (Å²) in [5, 5.41) is 6.56. The van der Waals surface area contributed by atoms with Crippen molar-refractivity contribution in [2.75, 3.05) is 24.3 Å². The average molecular weight is 404 g/mol. The van der Waals surface area contributed by atoms with E-state index in [0.717, 1.165) is 23.3 Å². The molecule has 0 amide bonds. The van der Waals surface area contributed by atoms with Crippen LogP contribution in [0.1, 0.15) is 25.5 Å². The number of imidazole rings is 1. The molecule has 1 aromatic carbocycles. The van der Waals surface area contributed by atoms with Gasteiger partial charge in [0.1, 0.15) is 17.9 Å². The van der Waals surface area contributed by atoms with E-state index >= 15 is 0 Å². The molecule has 0 atom stereocenters. The first-order chi connectivity index (χ1) is 14.6. The van der Waals surface area contributed by atoms with E-state index in [-0.39, 0.29) is 6.04 Å². The smallest absolute Gasteiger partial charge is 0.232 e. The Bertz CT molecular complexity index is 1110. The first-order valence-electron chi connectivity index (χ1n) is 9.78. The van der Waals surface area contributed by atoms with Crippen molar-refractivity contribution in [2.45, 2.75) is 26.3 Å². The van der Waals surface area contributed by atoms with Crippen LogP contribution in [0.25, 0.3) is 11.2 Å². The molecule has 0 saturated carbocycles. The minimum absolute atomic E-state index is 0.226. The first kappa shape index (κ1) is 19.6. The van der Waals surface area contributed by atoms with Crippen molar-refractivity contribution >= 4 is 28.7 Å². The molecule has 9 nitrogen and oxygen atoms in total. The number of benzene rings is 1. The van der Waals surface area contributed by atoms with E-state index in [0.29, 0.717) is 24.1 Å². The third-order valence-corrected chi connectivity index (χ3v) is 4.66. The molecule has 3 aromatic heterocycles. The molecule has 0 saturated heterocycles. The number of rotatable bonds is 8. The van der Waals surface area contributed by atoms with Gasteiger partial charge in [-0.2, -0.15) is 9.97 Å². The highest BCUT2D eigenvalue weighted by Gasteiger charge is 2.15. The molecule has 0 spiro atoms. The van der Waals surface area contributed by atoms with Crippen molar-refractivity contribution in [1.29, 1.82) is 0 Å². The van der Waals surface area contributed by atoms with Crippen molar-refractivity contribution in [3.63, 3.8) is 0 Å². The van der Waals surface area contributed by atoms with Gasteiger partial charge < -0.3 is 19.9 Å². The van der Waals surface area contributed by atoms with Gasteiger partial charge in [-0.15, -0.1) is 0 Å². The van der Waals surface area contributed by atoms with Gasteiger partial charge in [0.05, 0.1) is 13.4 Å². The molecule has 2 N–H and O–H groups in total. The molecular weight excluding hydrogens is 380 g/mol. The van der Waals surface area contributed by atoms with Crippen LogP contribution in [-0.4, -0.2) is 43.1 Å². The summed E-state index contributed by atoms with van der Waals surface area (Å²) in [6, 6.07) is 10.0. The number of anilines is 3. The Morgan fingerprint density at radius 1 is 1.07 bits per heavy atom. The third-order valence-electron chi connectivity index (χ3n) is 4.66. The molecule has 154 valence electrons. The van der Waals surface area contributed by atoms with Crippen LogP contribution in [-0.2, 0) is 6.42 Å². The van der Waals surface area contributed by atoms with Gasteiger partial charge in [-0.1, -0.05) is 12.1 Å². The lowest BCUT2D eigenvalue weighted by atomic mass is 10.1. The zero-order valence-corrected chi connectivity index (χ0v) is 17.2. The van der Waals surface area contributed by atoms with E-state index in [4.69, 9.17) is 4.74 Å². The SMILES string of the molecule is COc1ccc(CCNc2nc(Nc3ccncn3)nc3c2ncn3C(C)C)cc1. The van der Waals surface area contributed by atoms with Gasteiger partial charge in [-0.3, -0.25) is 0 Å². The average Bonchev–Trinajstić information content (AvgIpc) is 3.19. The van der Waals surface area contributed by atoms with E-state index < -0.39 is 0 Å². The zero-order valence-electron chi connectivity index (χ0n) is 17.2. The molecule has 0 radical (unpaired) electrons. The summed E-state index contributed by atoms with van der Waals surface area (Å²) in [5.74, 6) is 2.62. The quantitative estimate of drug-likeness (QED) is 0.459. The van der Waals surface area contributed by atoms with Crippen molar-refractivity contribution < 1.29 is 4.74 Å². The largest absolute Gasteiger partial charge is 0.497 e. The molecule has 0 aliphatic rings. The number of methoxy groups -OCH3 is 1. The molecule has 9 heteroatoms. The van der Waals surface area contributed by atoms with Crippen LogP contribution < -0.4 is 15.4 Å². The van der Waals surface area contributed by atoms with Crippen LogP contribution in [0.5, 0.6) is 5.75 Å². The van der Waals surface area contributed by atoms with Crippen LogP contribution in [0.4, 0.5) is 17.6 Å². The molecule has 4 rings (SSSR count). The summed E-state index contributed by atoms with van der Waals surface area (Å²) >= 11 is 0. The van der Waals surface area contributed by atoms with Gasteiger partial charge in [0.25, 0.3) is 0 Å². The number of ether oxygens (including phenoxy) is 1. The van der Waals surface area contributed by atoms with Crippen LogP contribution >= 0.6 is 0 Å². The number of hydrogen-bond donors (Lipinski definition) is 2. The highest BCUT2D eigenvalue weighted by atomic mass is 16.5. The van der Waals surface area contributed by atoms with E-state index in [1.807, 2.05) is 16.7 Å². The fourth-order valence-electron chi connectivity index (χ4n) is 3.07. The molecule has 3 heterocycles. The lowest BCUT2D eigenvalue weighted by molar-refractivity contribution is 0.414. The molecule has 0 fully saturated rings. The lowest BCUT2D eigenvalue weighted by Crippen LogP contribution is -2.10. The third kappa shape index (κ3) is 4.29. The number of nitrogens with one attached hydrogen (secondary N) is 2. The maximum Gasteiger partial charge on any atom is 0.232 e. The molecule has 0 bridgehead atoms. The second kappa shape index (κ2) is 8.73. The Balaban J connectivity index is 1.58. The van der Waals surface area contributed by atoms with Crippen molar-refractivity contribution in [3.8, 4) is 5.75 Å². The van der Waals surface area contributed by atoms with Gasteiger partial charge in [-0.25, -0.2) is 15.0 Å². The Hall–Kier alpha value is -3.75. The summed E-state index contributed by atoms with van der Waals surface area (Å²) in [7, 11) is 1.67. The molecule has 4 aromatic rings. The fraction of sp³-hybridized carbons (Fsp3) is 0.286. The highest BCUT2D eigenvalue weighted by molar-refractivity contribution is 5.84. The van der Waals surface area contributed by atoms with Gasteiger partial charge in [0, 0.05) is 18.8 Å². The standard InChI is InChI=1S/C21H24N8O/c1-14(2)29-13-25-18-19(23-11-8-15-4-6-16(30-3)7-5-15)27-21(28-20(18)29)26-17-9-10-22-12-24-17/h4-7,9-10,12-14H,8,11H2,1-3H3,(H2,22,23,24,26,27,28). The second-order valence-electron chi connectivity index (χ2n) is 7.06. The zero-order chi connectivity index (χ0) is 20.9. The Labute approximate surface area is 174 Å². The van der Waals surface area contributed by atoms with Crippen molar-refractivity contribution in [3.05, 3.63) is 54.7 Å². The van der Waals surface area contributed by atoms with Crippen molar-refractivity contribution in [2.24, 2.45) is 0 Å². The summed E-state index contributed by atoms with van der Waals surface area (Å²) in [5.41, 5.74) is 2.72. The van der Waals surface area contributed by atoms with Crippen LogP contribution in [0, 0.1) is 0 Å². The van der Waals surface area contributed by atoms with Crippen LogP contribution in [0.3, 0.4) is 0 Å². The van der Waals surface area contributed by atoms with E-state index in [1.54, 1.807) is 25.7 Å². The highest BCUT2D eigenvalue weighted by Crippen LogP contribution is 2.24. The number of aromatic nitrogens is 6. The van der Waals surface area contributed by atoms with Crippen LogP contribution in [0.2, 0.25) is 0 Å². The predicted octanol–water partition coefficient (Wildman–Crippen LogP) is 3.60. The van der Waals surface area contributed by atoms with Gasteiger partial charge >= 0.3 is 0 Å². The maximum atomic E-state index is 5.22. The summed E-state index contributed by atoms with van der Waals surface area (Å²) in [6.45, 7) is 4.90. The van der Waals surface area contributed by atoms with E-state index in [9.17, 15) is 0 Å². The number of hydrogen-bond acceptors (Lipinski definition) is 8. The second-order valence-corrected chi connectivity index (χ2v) is 7.06. The van der Waals surface area contributed by atoms with Gasteiger partial charge in [0.2, 0.25) is 5.95 Å². The van der Waals surface area contributed by atoms with Crippen LogP contribution in [0.15, 0.2) is 49.2 Å². The Kier molecular flexibility index (Phi) is 5.69. The fourth-order valence-corrected chi connectivity index (χ4v) is 3.07. The van der Waals surface area contributed by atoms with Gasteiger partial charge in [-0.05, 0) is 44.0 Å². The topological polar surface area (TPSA) is 103 Å². The Morgan fingerprint density at radius 2 is 1.90 bits per heavy atom. The molecule has 0 aliphatic heterocycles. The summed E-state index contributed by atoms with van der Waals surface area (Å²) in [4.78, 5) is 22.0. The van der Waals surface area contributed by atoms with Gasteiger partial charge in [0.15, 0.2) is 17.0 Å². The molecular formula is C21H24N8O. The lowest BCUT2D eigenvalue weighted by Gasteiger charge is -2.12. The Morgan fingerprint density at radius 3 is 2.60 bits per heavy atom. The first-order valence-corrected chi connectivity index (χ1v) is 9.78. The molecule has 30 heavy (non-hydrogen) atoms. The predicted molar refractivity (Wildman–Crippen MR) is 116 cm³/mol. The van der Waals surface area contributed by atoms with E-state index in [2.05, 4.69) is 61.5 Å². The summed E-state index contributed by atoms with van der Waals surface area (Å²) < 4.78 is 7.24. The van der Waals surface area contributed by atoms with Crippen molar-refractivity contribution in [1.82, 2.24) is 29.5 Å².